The first-order valence-corrected chi connectivity index (χ1v) is 9.40. The highest BCUT2D eigenvalue weighted by molar-refractivity contribution is 6.35. The van der Waals surface area contributed by atoms with Gasteiger partial charge in [0.1, 0.15) is 0 Å². The number of nitrogens with zero attached hydrogens (tertiary/aromatic N) is 1. The van der Waals surface area contributed by atoms with Gasteiger partial charge in [0.05, 0.1) is 16.6 Å². The summed E-state index contributed by atoms with van der Waals surface area (Å²) in [5.41, 5.74) is 0.351. The Kier molecular flexibility index (Phi) is 6.04. The zero-order chi connectivity index (χ0) is 18.7. The van der Waals surface area contributed by atoms with Crippen LogP contribution < -0.4 is 5.32 Å². The van der Waals surface area contributed by atoms with Gasteiger partial charge in [-0.15, -0.1) is 0 Å². The number of carbonyl (C=O) groups is 3. The van der Waals surface area contributed by atoms with E-state index in [1.54, 1.807) is 17.0 Å². The van der Waals surface area contributed by atoms with Crippen LogP contribution in [0, 0.1) is 5.92 Å². The molecule has 0 spiro atoms. The molecule has 140 valence electrons. The molecule has 0 bridgehead atoms. The van der Waals surface area contributed by atoms with Crippen molar-refractivity contribution >= 4 is 46.7 Å². The molecule has 2 aliphatic rings. The number of hydrogen-bond acceptors (Lipinski definition) is 4. The molecule has 1 aliphatic carbocycles. The Hall–Kier alpha value is -1.79. The highest BCUT2D eigenvalue weighted by Crippen LogP contribution is 2.30. The third-order valence-electron chi connectivity index (χ3n) is 4.81. The summed E-state index contributed by atoms with van der Waals surface area (Å²) >= 11 is 11.8. The van der Waals surface area contributed by atoms with E-state index in [0.29, 0.717) is 22.3 Å². The SMILES string of the molecule is O=C(COC(=O)[C@@H]1CC(=O)N(C2CCCC2)C1)Nc1cc(Cl)ccc1Cl. The van der Waals surface area contributed by atoms with Gasteiger partial charge in [-0.25, -0.2) is 0 Å². The number of nitrogens with one attached hydrogen (secondary N) is 1. The number of carbonyl (C=O) groups excluding carboxylic acids is 3. The lowest BCUT2D eigenvalue weighted by Gasteiger charge is -2.23. The molecule has 3 rings (SSSR count). The summed E-state index contributed by atoms with van der Waals surface area (Å²) < 4.78 is 5.08. The van der Waals surface area contributed by atoms with Crippen LogP contribution in [-0.4, -0.2) is 41.9 Å². The Labute approximate surface area is 161 Å². The summed E-state index contributed by atoms with van der Waals surface area (Å²) in [6.07, 6.45) is 4.38. The second kappa shape index (κ2) is 8.27. The fraction of sp³-hybridized carbons (Fsp3) is 0.500. The lowest BCUT2D eigenvalue weighted by molar-refractivity contribution is -0.151. The number of esters is 1. The van der Waals surface area contributed by atoms with E-state index in [2.05, 4.69) is 5.32 Å². The molecule has 0 unspecified atom stereocenters. The minimum Gasteiger partial charge on any atom is -0.455 e. The Bertz CT molecular complexity index is 719. The average Bonchev–Trinajstić information content (AvgIpc) is 3.25. The Balaban J connectivity index is 1.48. The number of likely N-dealkylation sites (tertiary alicyclic amines) is 1. The minimum atomic E-state index is -0.522. The lowest BCUT2D eigenvalue weighted by atomic mass is 10.1. The van der Waals surface area contributed by atoms with Crippen LogP contribution in [0.3, 0.4) is 0 Å². The molecule has 1 saturated carbocycles. The fourth-order valence-electron chi connectivity index (χ4n) is 3.49. The van der Waals surface area contributed by atoms with Crippen molar-refractivity contribution in [2.45, 2.75) is 38.1 Å². The van der Waals surface area contributed by atoms with E-state index >= 15 is 0 Å². The van der Waals surface area contributed by atoms with Crippen LogP contribution in [0.25, 0.3) is 0 Å². The van der Waals surface area contributed by atoms with Crippen LogP contribution in [0.2, 0.25) is 10.0 Å². The van der Waals surface area contributed by atoms with Crippen LogP contribution in [0.5, 0.6) is 0 Å². The predicted molar refractivity (Wildman–Crippen MR) is 98.1 cm³/mol. The smallest absolute Gasteiger partial charge is 0.311 e. The average molecular weight is 399 g/mol. The van der Waals surface area contributed by atoms with Gasteiger partial charge in [0.2, 0.25) is 5.91 Å². The highest BCUT2D eigenvalue weighted by atomic mass is 35.5. The quantitative estimate of drug-likeness (QED) is 0.772. The van der Waals surface area contributed by atoms with Crippen molar-refractivity contribution in [2.24, 2.45) is 5.92 Å². The number of hydrogen-bond donors (Lipinski definition) is 1. The number of anilines is 1. The molecule has 1 N–H and O–H groups in total. The molecule has 0 aromatic heterocycles. The summed E-state index contributed by atoms with van der Waals surface area (Å²) in [5.74, 6) is -1.55. The number of ether oxygens (including phenoxy) is 1. The third-order valence-corrected chi connectivity index (χ3v) is 5.37. The Morgan fingerprint density at radius 3 is 2.69 bits per heavy atom. The zero-order valence-corrected chi connectivity index (χ0v) is 15.7. The molecule has 8 heteroatoms. The normalized spacial score (nSPS) is 20.5. The molecule has 1 aliphatic heterocycles. The summed E-state index contributed by atoms with van der Waals surface area (Å²) in [6.45, 7) is -0.0557. The number of benzene rings is 1. The maximum atomic E-state index is 12.2. The Morgan fingerprint density at radius 1 is 1.23 bits per heavy atom. The third kappa shape index (κ3) is 4.48. The molecular weight excluding hydrogens is 379 g/mol. The molecule has 2 amide bonds. The molecule has 1 atom stereocenters. The van der Waals surface area contributed by atoms with Gasteiger partial charge < -0.3 is 15.0 Å². The van der Waals surface area contributed by atoms with E-state index in [1.165, 1.54) is 6.07 Å². The summed E-state index contributed by atoms with van der Waals surface area (Å²) in [7, 11) is 0. The first kappa shape index (κ1) is 19.0. The van der Waals surface area contributed by atoms with Crippen molar-refractivity contribution in [1.82, 2.24) is 4.90 Å². The first-order valence-electron chi connectivity index (χ1n) is 8.65. The van der Waals surface area contributed by atoms with Crippen LogP contribution in [0.4, 0.5) is 5.69 Å². The zero-order valence-electron chi connectivity index (χ0n) is 14.2. The van der Waals surface area contributed by atoms with Crippen molar-refractivity contribution in [2.75, 3.05) is 18.5 Å². The molecule has 1 saturated heterocycles. The first-order chi connectivity index (χ1) is 12.4. The molecule has 1 heterocycles. The van der Waals surface area contributed by atoms with E-state index in [9.17, 15) is 14.4 Å². The van der Waals surface area contributed by atoms with Crippen LogP contribution >= 0.6 is 23.2 Å². The molecule has 1 aromatic rings. The lowest BCUT2D eigenvalue weighted by Crippen LogP contribution is -2.35. The van der Waals surface area contributed by atoms with Crippen molar-refractivity contribution in [3.05, 3.63) is 28.2 Å². The maximum Gasteiger partial charge on any atom is 0.311 e. The van der Waals surface area contributed by atoms with Crippen molar-refractivity contribution in [3.8, 4) is 0 Å². The fourth-order valence-corrected chi connectivity index (χ4v) is 3.83. The molecule has 1 aromatic carbocycles. The van der Waals surface area contributed by atoms with E-state index in [4.69, 9.17) is 27.9 Å². The van der Waals surface area contributed by atoms with Crippen molar-refractivity contribution in [3.63, 3.8) is 0 Å². The van der Waals surface area contributed by atoms with Crippen molar-refractivity contribution < 1.29 is 19.1 Å². The van der Waals surface area contributed by atoms with Gasteiger partial charge in [0, 0.05) is 24.0 Å². The van der Waals surface area contributed by atoms with E-state index < -0.39 is 24.4 Å². The summed E-state index contributed by atoms with van der Waals surface area (Å²) in [5, 5.41) is 3.31. The van der Waals surface area contributed by atoms with Gasteiger partial charge in [-0.1, -0.05) is 36.0 Å². The molecular formula is C18H20Cl2N2O4. The van der Waals surface area contributed by atoms with E-state index in [0.717, 1.165) is 25.7 Å². The van der Waals surface area contributed by atoms with Crippen LogP contribution in [0.1, 0.15) is 32.1 Å². The number of halogens is 2. The second-order valence-corrected chi connectivity index (χ2v) is 7.51. The molecule has 26 heavy (non-hydrogen) atoms. The van der Waals surface area contributed by atoms with E-state index in [1.807, 2.05) is 0 Å². The van der Waals surface area contributed by atoms with Gasteiger partial charge in [-0.2, -0.15) is 0 Å². The molecule has 6 nitrogen and oxygen atoms in total. The maximum absolute atomic E-state index is 12.2. The standard InChI is InChI=1S/C18H20Cl2N2O4/c19-12-5-6-14(20)15(8-12)21-16(23)10-26-18(25)11-7-17(24)22(9-11)13-3-1-2-4-13/h5-6,8,11,13H,1-4,7,9-10H2,(H,21,23)/t11-/m1/s1. The van der Waals surface area contributed by atoms with Crippen molar-refractivity contribution in [1.29, 1.82) is 0 Å². The van der Waals surface area contributed by atoms with E-state index in [-0.39, 0.29) is 18.4 Å². The highest BCUT2D eigenvalue weighted by Gasteiger charge is 2.39. The molecule has 0 radical (unpaired) electrons. The predicted octanol–water partition coefficient (Wildman–Crippen LogP) is 3.27. The van der Waals surface area contributed by atoms with Crippen LogP contribution in [0.15, 0.2) is 18.2 Å². The Morgan fingerprint density at radius 2 is 1.96 bits per heavy atom. The monoisotopic (exact) mass is 398 g/mol. The van der Waals surface area contributed by atoms with Gasteiger partial charge in [-0.05, 0) is 31.0 Å². The van der Waals surface area contributed by atoms with Gasteiger partial charge >= 0.3 is 5.97 Å². The van der Waals surface area contributed by atoms with Gasteiger partial charge in [-0.3, -0.25) is 14.4 Å². The number of amides is 2. The largest absolute Gasteiger partial charge is 0.455 e. The van der Waals surface area contributed by atoms with Gasteiger partial charge in [0.15, 0.2) is 6.61 Å². The summed E-state index contributed by atoms with van der Waals surface area (Å²) in [6, 6.07) is 4.92. The minimum absolute atomic E-state index is 0.00555. The second-order valence-electron chi connectivity index (χ2n) is 6.67. The van der Waals surface area contributed by atoms with Crippen LogP contribution in [-0.2, 0) is 19.1 Å². The summed E-state index contributed by atoms with van der Waals surface area (Å²) in [4.78, 5) is 38.1. The topological polar surface area (TPSA) is 75.7 Å². The molecule has 2 fully saturated rings. The van der Waals surface area contributed by atoms with Gasteiger partial charge in [0.25, 0.3) is 5.91 Å². The number of rotatable bonds is 5.